The molecule has 0 aromatic heterocycles. The van der Waals surface area contributed by atoms with Crippen molar-refractivity contribution in [2.75, 3.05) is 32.7 Å². The van der Waals surface area contributed by atoms with Crippen LogP contribution in [0.5, 0.6) is 0 Å². The van der Waals surface area contributed by atoms with Crippen LogP contribution in [0.25, 0.3) is 0 Å². The minimum atomic E-state index is -3.67. The van der Waals surface area contributed by atoms with E-state index in [1.165, 1.54) is 23.4 Å². The molecular formula is C16H23N3O4S. The number of carbonyl (C=O) groups is 2. The summed E-state index contributed by atoms with van der Waals surface area (Å²) in [6, 6.07) is 6.05. The molecule has 132 valence electrons. The van der Waals surface area contributed by atoms with Gasteiger partial charge < -0.3 is 10.2 Å². The number of carbonyl (C=O) groups excluding carboxylic acids is 2. The van der Waals surface area contributed by atoms with Crippen molar-refractivity contribution in [3.8, 4) is 0 Å². The van der Waals surface area contributed by atoms with E-state index in [0.29, 0.717) is 25.2 Å². The fourth-order valence-electron chi connectivity index (χ4n) is 2.53. The number of hydrogen-bond acceptors (Lipinski definition) is 4. The Bertz CT molecular complexity index is 710. The topological polar surface area (TPSA) is 86.8 Å². The Morgan fingerprint density at radius 2 is 1.83 bits per heavy atom. The number of amides is 2. The molecule has 1 aliphatic heterocycles. The molecule has 0 unspecified atom stereocenters. The summed E-state index contributed by atoms with van der Waals surface area (Å²) in [6.45, 7) is 5.24. The lowest BCUT2D eigenvalue weighted by Crippen LogP contribution is -2.49. The Hall–Kier alpha value is -1.93. The molecule has 0 atom stereocenters. The van der Waals surface area contributed by atoms with E-state index in [1.54, 1.807) is 17.0 Å². The van der Waals surface area contributed by atoms with Gasteiger partial charge in [-0.1, -0.05) is 13.0 Å². The van der Waals surface area contributed by atoms with Gasteiger partial charge in [0.1, 0.15) is 0 Å². The SMILES string of the molecule is CCCNC(=O)c1cccc(S(=O)(=O)N2CCN(C(C)=O)CC2)c1. The first kappa shape index (κ1) is 18.4. The number of hydrogen-bond donors (Lipinski definition) is 1. The van der Waals surface area contributed by atoms with Crippen molar-refractivity contribution in [2.24, 2.45) is 0 Å². The van der Waals surface area contributed by atoms with Crippen LogP contribution in [0, 0.1) is 0 Å². The van der Waals surface area contributed by atoms with E-state index in [4.69, 9.17) is 0 Å². The number of sulfonamides is 1. The van der Waals surface area contributed by atoms with E-state index in [1.807, 2.05) is 6.92 Å². The zero-order chi connectivity index (χ0) is 17.7. The van der Waals surface area contributed by atoms with Gasteiger partial charge in [0.05, 0.1) is 4.90 Å². The molecule has 1 heterocycles. The highest BCUT2D eigenvalue weighted by Gasteiger charge is 2.29. The number of benzene rings is 1. The molecule has 2 rings (SSSR count). The van der Waals surface area contributed by atoms with E-state index < -0.39 is 10.0 Å². The fourth-order valence-corrected chi connectivity index (χ4v) is 4.00. The molecule has 1 aromatic rings. The first-order valence-corrected chi connectivity index (χ1v) is 9.44. The molecule has 0 bridgehead atoms. The summed E-state index contributed by atoms with van der Waals surface area (Å²) in [5, 5.41) is 2.73. The quantitative estimate of drug-likeness (QED) is 0.843. The zero-order valence-corrected chi connectivity index (χ0v) is 14.8. The lowest BCUT2D eigenvalue weighted by atomic mass is 10.2. The molecule has 1 aromatic carbocycles. The Kier molecular flexibility index (Phi) is 5.95. The third-order valence-corrected chi connectivity index (χ3v) is 5.85. The largest absolute Gasteiger partial charge is 0.352 e. The maximum absolute atomic E-state index is 12.7. The molecule has 1 saturated heterocycles. The van der Waals surface area contributed by atoms with Crippen molar-refractivity contribution in [3.63, 3.8) is 0 Å². The van der Waals surface area contributed by atoms with E-state index in [9.17, 15) is 18.0 Å². The first-order valence-electron chi connectivity index (χ1n) is 8.00. The molecule has 7 nitrogen and oxygen atoms in total. The Morgan fingerprint density at radius 3 is 2.42 bits per heavy atom. The van der Waals surface area contributed by atoms with Gasteiger partial charge in [-0.15, -0.1) is 0 Å². The summed E-state index contributed by atoms with van der Waals surface area (Å²) in [5.41, 5.74) is 0.326. The van der Waals surface area contributed by atoms with Gasteiger partial charge in [-0.25, -0.2) is 8.42 Å². The summed E-state index contributed by atoms with van der Waals surface area (Å²) in [6.07, 6.45) is 0.810. The van der Waals surface area contributed by atoms with Gasteiger partial charge in [-0.2, -0.15) is 4.31 Å². The number of rotatable bonds is 5. The predicted octanol–water partition coefficient (Wildman–Crippen LogP) is 0.679. The van der Waals surface area contributed by atoms with Gasteiger partial charge in [-0.3, -0.25) is 9.59 Å². The average molecular weight is 353 g/mol. The molecule has 0 spiro atoms. The van der Waals surface area contributed by atoms with Crippen LogP contribution < -0.4 is 5.32 Å². The smallest absolute Gasteiger partial charge is 0.251 e. The second kappa shape index (κ2) is 7.76. The van der Waals surface area contributed by atoms with E-state index in [2.05, 4.69) is 5.32 Å². The first-order chi connectivity index (χ1) is 11.4. The Morgan fingerprint density at radius 1 is 1.17 bits per heavy atom. The van der Waals surface area contributed by atoms with E-state index in [-0.39, 0.29) is 29.8 Å². The summed E-state index contributed by atoms with van der Waals surface area (Å²) in [4.78, 5) is 25.1. The maximum atomic E-state index is 12.7. The molecule has 1 fully saturated rings. The predicted molar refractivity (Wildman–Crippen MR) is 90.1 cm³/mol. The minimum Gasteiger partial charge on any atom is -0.352 e. The van der Waals surface area contributed by atoms with Gasteiger partial charge in [0.25, 0.3) is 5.91 Å². The van der Waals surface area contributed by atoms with Crippen molar-refractivity contribution in [1.29, 1.82) is 0 Å². The highest BCUT2D eigenvalue weighted by molar-refractivity contribution is 7.89. The second-order valence-corrected chi connectivity index (χ2v) is 7.63. The van der Waals surface area contributed by atoms with Crippen LogP contribution in [0.1, 0.15) is 30.6 Å². The van der Waals surface area contributed by atoms with Crippen LogP contribution in [0.4, 0.5) is 0 Å². The Balaban J connectivity index is 2.15. The fraction of sp³-hybridized carbons (Fsp3) is 0.500. The van der Waals surface area contributed by atoms with Gasteiger partial charge in [0, 0.05) is 45.2 Å². The van der Waals surface area contributed by atoms with Gasteiger partial charge in [-0.05, 0) is 24.6 Å². The third kappa shape index (κ3) is 4.12. The number of nitrogens with one attached hydrogen (secondary N) is 1. The van der Waals surface area contributed by atoms with Gasteiger partial charge in [0.15, 0.2) is 0 Å². The van der Waals surface area contributed by atoms with Crippen LogP contribution in [-0.4, -0.2) is 62.2 Å². The summed E-state index contributed by atoms with van der Waals surface area (Å²) in [5.74, 6) is -0.336. The summed E-state index contributed by atoms with van der Waals surface area (Å²) in [7, 11) is -3.67. The lowest BCUT2D eigenvalue weighted by Gasteiger charge is -2.33. The van der Waals surface area contributed by atoms with Crippen molar-refractivity contribution in [1.82, 2.24) is 14.5 Å². The van der Waals surface area contributed by atoms with Crippen LogP contribution >= 0.6 is 0 Å². The minimum absolute atomic E-state index is 0.0540. The van der Waals surface area contributed by atoms with Gasteiger partial charge in [0.2, 0.25) is 15.9 Å². The summed E-state index contributed by atoms with van der Waals surface area (Å²) < 4.78 is 26.8. The normalized spacial score (nSPS) is 16.0. The molecule has 2 amide bonds. The van der Waals surface area contributed by atoms with Crippen LogP contribution in [0.15, 0.2) is 29.2 Å². The molecular weight excluding hydrogens is 330 g/mol. The second-order valence-electron chi connectivity index (χ2n) is 5.69. The average Bonchev–Trinajstić information content (AvgIpc) is 2.59. The highest BCUT2D eigenvalue weighted by Crippen LogP contribution is 2.19. The molecule has 0 saturated carbocycles. The molecule has 8 heteroatoms. The monoisotopic (exact) mass is 353 g/mol. The molecule has 1 aliphatic rings. The summed E-state index contributed by atoms with van der Waals surface area (Å²) >= 11 is 0. The van der Waals surface area contributed by atoms with Crippen molar-refractivity contribution in [3.05, 3.63) is 29.8 Å². The number of piperazine rings is 1. The number of nitrogens with zero attached hydrogens (tertiary/aromatic N) is 2. The zero-order valence-electron chi connectivity index (χ0n) is 14.0. The van der Waals surface area contributed by atoms with E-state index in [0.717, 1.165) is 6.42 Å². The van der Waals surface area contributed by atoms with Crippen LogP contribution in [-0.2, 0) is 14.8 Å². The lowest BCUT2D eigenvalue weighted by molar-refractivity contribution is -0.129. The highest BCUT2D eigenvalue weighted by atomic mass is 32.2. The van der Waals surface area contributed by atoms with Crippen molar-refractivity contribution >= 4 is 21.8 Å². The standard InChI is InChI=1S/C16H23N3O4S/c1-3-7-17-16(21)14-5-4-6-15(12-14)24(22,23)19-10-8-18(9-11-19)13(2)20/h4-6,12H,3,7-11H2,1-2H3,(H,17,21). The van der Waals surface area contributed by atoms with Crippen molar-refractivity contribution in [2.45, 2.75) is 25.2 Å². The van der Waals surface area contributed by atoms with Crippen LogP contribution in [0.3, 0.4) is 0 Å². The molecule has 0 radical (unpaired) electrons. The van der Waals surface area contributed by atoms with Gasteiger partial charge >= 0.3 is 0 Å². The van der Waals surface area contributed by atoms with Crippen LogP contribution in [0.2, 0.25) is 0 Å². The maximum Gasteiger partial charge on any atom is 0.251 e. The molecule has 1 N–H and O–H groups in total. The molecule has 24 heavy (non-hydrogen) atoms. The van der Waals surface area contributed by atoms with Crippen molar-refractivity contribution < 1.29 is 18.0 Å². The van der Waals surface area contributed by atoms with E-state index >= 15 is 0 Å². The third-order valence-electron chi connectivity index (χ3n) is 3.95. The Labute approximate surface area is 142 Å². The molecule has 0 aliphatic carbocycles.